The predicted octanol–water partition coefficient (Wildman–Crippen LogP) is 5.46. The Morgan fingerprint density at radius 1 is 1.19 bits per heavy atom. The number of halogens is 3. The summed E-state index contributed by atoms with van der Waals surface area (Å²) in [4.78, 5) is 39.1. The highest BCUT2D eigenvalue weighted by Crippen LogP contribution is 2.44. The van der Waals surface area contributed by atoms with Crippen LogP contribution in [0.15, 0.2) is 53.1 Å². The van der Waals surface area contributed by atoms with E-state index in [-0.39, 0.29) is 50.2 Å². The number of carbonyl (C=O) groups excluding carboxylic acids is 2. The topological polar surface area (TPSA) is 168 Å². The number of nitrogens with one attached hydrogen (secondary N) is 1. The third-order valence-electron chi connectivity index (χ3n) is 6.25. The molecule has 0 radical (unpaired) electrons. The molecule has 0 aliphatic rings. The summed E-state index contributed by atoms with van der Waals surface area (Å²) >= 11 is 0.614. The third kappa shape index (κ3) is 5.38. The second-order valence-electron chi connectivity index (χ2n) is 8.93. The first kappa shape index (κ1) is 28.3. The summed E-state index contributed by atoms with van der Waals surface area (Å²) < 4.78 is 53.8. The molecule has 0 atom stereocenters. The number of fused-ring (bicyclic) bond motifs is 1. The van der Waals surface area contributed by atoms with E-state index in [4.69, 9.17) is 14.9 Å². The molecule has 1 aromatic carbocycles. The molecule has 0 saturated carbocycles. The van der Waals surface area contributed by atoms with Crippen molar-refractivity contribution in [3.63, 3.8) is 0 Å². The van der Waals surface area contributed by atoms with E-state index < -0.39 is 28.6 Å². The van der Waals surface area contributed by atoms with Crippen molar-refractivity contribution in [2.75, 3.05) is 5.32 Å². The van der Waals surface area contributed by atoms with Gasteiger partial charge in [0.2, 0.25) is 0 Å². The van der Waals surface area contributed by atoms with Gasteiger partial charge in [-0.1, -0.05) is 0 Å². The molecule has 4 aromatic heterocycles. The molecule has 42 heavy (non-hydrogen) atoms. The van der Waals surface area contributed by atoms with Crippen LogP contribution < -0.4 is 15.8 Å². The lowest BCUT2D eigenvalue weighted by Gasteiger charge is -2.12. The number of carbonyl (C=O) groups is 2. The number of aryl methyl sites for hydroxylation is 1. The fourth-order valence-electron chi connectivity index (χ4n) is 4.08. The van der Waals surface area contributed by atoms with E-state index in [0.717, 1.165) is 6.07 Å². The summed E-state index contributed by atoms with van der Waals surface area (Å²) in [5, 5.41) is 17.5. The fourth-order valence-corrected chi connectivity index (χ4v) is 5.09. The standard InChI is InChI=1S/C26H19F3N6O6S/c1-12-17(10-31-34(12)2)16-9-19(26(27,28)29)32-25-20(16)21(22(42-25)23(30)36)33-24(37)18-8-7-15(41-18)11-40-14-5-3-13(4-6-14)35(38)39/h3-10H,11H2,1-2H3,(H2,30,36)(H,33,37). The number of primary amides is 1. The average Bonchev–Trinajstić information content (AvgIpc) is 3.65. The molecule has 5 rings (SSSR count). The van der Waals surface area contributed by atoms with Crippen molar-refractivity contribution in [1.82, 2.24) is 14.8 Å². The number of nitrogens with two attached hydrogens (primary N) is 1. The van der Waals surface area contributed by atoms with Gasteiger partial charge in [-0.3, -0.25) is 24.4 Å². The number of nitro benzene ring substituents is 1. The Kier molecular flexibility index (Phi) is 7.15. The molecule has 0 bridgehead atoms. The Balaban J connectivity index is 1.48. The number of amides is 2. The van der Waals surface area contributed by atoms with Gasteiger partial charge in [-0.2, -0.15) is 18.3 Å². The number of rotatable bonds is 8. The van der Waals surface area contributed by atoms with Crippen LogP contribution in [0.3, 0.4) is 0 Å². The number of nitrogens with zero attached hydrogens (tertiary/aromatic N) is 4. The number of thiophene rings is 1. The summed E-state index contributed by atoms with van der Waals surface area (Å²) in [5.74, 6) is -1.43. The second-order valence-corrected chi connectivity index (χ2v) is 9.93. The summed E-state index contributed by atoms with van der Waals surface area (Å²) in [6.45, 7) is 1.54. The van der Waals surface area contributed by atoms with Crippen LogP contribution in [-0.4, -0.2) is 31.5 Å². The fraction of sp³-hybridized carbons (Fsp3) is 0.154. The Hall–Kier alpha value is -5.25. The van der Waals surface area contributed by atoms with E-state index in [1.807, 2.05) is 0 Å². The highest BCUT2D eigenvalue weighted by molar-refractivity contribution is 7.21. The molecular weight excluding hydrogens is 581 g/mol. The molecular formula is C26H19F3N6O6S. The molecule has 0 aliphatic carbocycles. The summed E-state index contributed by atoms with van der Waals surface area (Å²) in [6, 6.07) is 8.98. The molecule has 12 nitrogen and oxygen atoms in total. The van der Waals surface area contributed by atoms with Crippen LogP contribution in [0, 0.1) is 17.0 Å². The lowest BCUT2D eigenvalue weighted by atomic mass is 10.0. The zero-order valence-electron chi connectivity index (χ0n) is 21.7. The molecule has 3 N–H and O–H groups in total. The number of non-ortho nitro benzene ring substituents is 1. The van der Waals surface area contributed by atoms with Crippen molar-refractivity contribution in [2.24, 2.45) is 12.8 Å². The van der Waals surface area contributed by atoms with E-state index in [9.17, 15) is 32.9 Å². The van der Waals surface area contributed by atoms with Gasteiger partial charge in [0.25, 0.3) is 17.5 Å². The molecule has 4 heterocycles. The number of aromatic nitrogens is 3. The molecule has 216 valence electrons. The number of benzene rings is 1. The molecule has 0 saturated heterocycles. The van der Waals surface area contributed by atoms with E-state index in [2.05, 4.69) is 15.4 Å². The molecule has 0 aliphatic heterocycles. The minimum atomic E-state index is -4.79. The van der Waals surface area contributed by atoms with E-state index >= 15 is 0 Å². The number of hydrogen-bond acceptors (Lipinski definition) is 9. The first-order valence-electron chi connectivity index (χ1n) is 11.9. The molecule has 5 aromatic rings. The highest BCUT2D eigenvalue weighted by Gasteiger charge is 2.35. The first-order valence-corrected chi connectivity index (χ1v) is 12.8. The predicted molar refractivity (Wildman–Crippen MR) is 144 cm³/mol. The van der Waals surface area contributed by atoms with Gasteiger partial charge in [-0.25, -0.2) is 4.98 Å². The van der Waals surface area contributed by atoms with Crippen molar-refractivity contribution in [3.05, 3.63) is 86.6 Å². The van der Waals surface area contributed by atoms with E-state index in [1.165, 1.54) is 47.3 Å². The van der Waals surface area contributed by atoms with Gasteiger partial charge >= 0.3 is 6.18 Å². The number of alkyl halides is 3. The van der Waals surface area contributed by atoms with Gasteiger partial charge in [0.1, 0.15) is 33.5 Å². The minimum Gasteiger partial charge on any atom is -0.486 e. The van der Waals surface area contributed by atoms with Gasteiger partial charge in [0.05, 0.1) is 16.8 Å². The number of furan rings is 1. The SMILES string of the molecule is Cc1c(-c2cc(C(F)(F)F)nc3sc(C(N)=O)c(NC(=O)c4ccc(COc5ccc([N+](=O)[O-])cc5)o4)c23)cnn1C. The number of ether oxygens (including phenoxy) is 1. The van der Waals surface area contributed by atoms with E-state index in [1.54, 1.807) is 14.0 Å². The Morgan fingerprint density at radius 2 is 1.90 bits per heavy atom. The van der Waals surface area contributed by atoms with Crippen molar-refractivity contribution >= 4 is 44.7 Å². The molecule has 0 unspecified atom stereocenters. The Bertz CT molecular complexity index is 1860. The zero-order chi connectivity index (χ0) is 30.3. The number of anilines is 1. The van der Waals surface area contributed by atoms with Gasteiger partial charge in [-0.15, -0.1) is 11.3 Å². The Morgan fingerprint density at radius 3 is 2.50 bits per heavy atom. The summed E-state index contributed by atoms with van der Waals surface area (Å²) in [6.07, 6.45) is -3.42. The summed E-state index contributed by atoms with van der Waals surface area (Å²) in [5.41, 5.74) is 5.04. The Labute approximate surface area is 237 Å². The van der Waals surface area contributed by atoms with Gasteiger partial charge in [0, 0.05) is 35.8 Å². The van der Waals surface area contributed by atoms with E-state index in [0.29, 0.717) is 28.3 Å². The first-order chi connectivity index (χ1) is 19.8. The normalized spacial score (nSPS) is 11.5. The van der Waals surface area contributed by atoms with Crippen molar-refractivity contribution in [1.29, 1.82) is 0 Å². The van der Waals surface area contributed by atoms with Crippen molar-refractivity contribution < 1.29 is 36.8 Å². The van der Waals surface area contributed by atoms with Crippen LogP contribution in [0.2, 0.25) is 0 Å². The second kappa shape index (κ2) is 10.6. The summed E-state index contributed by atoms with van der Waals surface area (Å²) in [7, 11) is 1.62. The van der Waals surface area contributed by atoms with Gasteiger partial charge in [0.15, 0.2) is 5.76 Å². The molecule has 0 fully saturated rings. The highest BCUT2D eigenvalue weighted by atomic mass is 32.1. The smallest absolute Gasteiger partial charge is 0.433 e. The number of nitro groups is 1. The van der Waals surface area contributed by atoms with Gasteiger partial charge in [-0.05, 0) is 42.8 Å². The molecule has 2 amide bonds. The van der Waals surface area contributed by atoms with Crippen LogP contribution in [0.5, 0.6) is 5.75 Å². The lowest BCUT2D eigenvalue weighted by Crippen LogP contribution is -2.16. The molecule has 16 heteroatoms. The minimum absolute atomic E-state index is 0.0496. The van der Waals surface area contributed by atoms with Crippen LogP contribution in [0.1, 0.15) is 37.4 Å². The van der Waals surface area contributed by atoms with Crippen LogP contribution >= 0.6 is 11.3 Å². The lowest BCUT2D eigenvalue weighted by molar-refractivity contribution is -0.384. The average molecular weight is 601 g/mol. The zero-order valence-corrected chi connectivity index (χ0v) is 22.5. The number of pyridine rings is 1. The maximum Gasteiger partial charge on any atom is 0.433 e. The monoisotopic (exact) mass is 600 g/mol. The van der Waals surface area contributed by atoms with Crippen LogP contribution in [-0.2, 0) is 19.8 Å². The van der Waals surface area contributed by atoms with Crippen LogP contribution in [0.4, 0.5) is 24.5 Å². The van der Waals surface area contributed by atoms with Gasteiger partial charge < -0.3 is 20.2 Å². The molecule has 0 spiro atoms. The third-order valence-corrected chi connectivity index (χ3v) is 7.35. The quantitative estimate of drug-likeness (QED) is 0.175. The largest absolute Gasteiger partial charge is 0.486 e. The maximum absolute atomic E-state index is 13.7. The van der Waals surface area contributed by atoms with Crippen molar-refractivity contribution in [3.8, 4) is 16.9 Å². The maximum atomic E-state index is 13.7. The number of hydrogen-bond donors (Lipinski definition) is 2. The van der Waals surface area contributed by atoms with Crippen LogP contribution in [0.25, 0.3) is 21.3 Å². The van der Waals surface area contributed by atoms with Crippen molar-refractivity contribution in [2.45, 2.75) is 19.7 Å².